The number of ether oxygens (including phenoxy) is 4. The van der Waals surface area contributed by atoms with Gasteiger partial charge < -0.3 is 29.6 Å². The zero-order chi connectivity index (χ0) is 21.2. The number of nitrogens with zero attached hydrogens (tertiary/aromatic N) is 1. The second-order valence-corrected chi connectivity index (χ2v) is 7.19. The predicted molar refractivity (Wildman–Crippen MR) is 133 cm³/mol. The quantitative estimate of drug-likeness (QED) is 0.285. The number of benzene rings is 2. The van der Waals surface area contributed by atoms with Crippen molar-refractivity contribution < 1.29 is 18.9 Å². The first-order valence-corrected chi connectivity index (χ1v) is 10.2. The molecular weight excluding hydrogens is 509 g/mol. The molecule has 2 aromatic carbocycles. The zero-order valence-corrected chi connectivity index (χ0v) is 20.6. The Morgan fingerprint density at radius 3 is 2.55 bits per heavy atom. The zero-order valence-electron chi connectivity index (χ0n) is 18.3. The minimum absolute atomic E-state index is 0. The topological polar surface area (TPSA) is 73.3 Å². The van der Waals surface area contributed by atoms with Gasteiger partial charge in [-0.25, -0.2) is 0 Å². The number of hydrogen-bond acceptors (Lipinski definition) is 5. The molecule has 3 rings (SSSR count). The molecule has 7 nitrogen and oxygen atoms in total. The van der Waals surface area contributed by atoms with E-state index < -0.39 is 0 Å². The molecule has 1 fully saturated rings. The Kier molecular flexibility index (Phi) is 10.9. The second-order valence-electron chi connectivity index (χ2n) is 7.19. The van der Waals surface area contributed by atoms with Crippen LogP contribution in [-0.4, -0.2) is 52.1 Å². The second kappa shape index (κ2) is 13.4. The fourth-order valence-corrected chi connectivity index (χ4v) is 3.09. The monoisotopic (exact) mass is 541 g/mol. The number of halogens is 1. The summed E-state index contributed by atoms with van der Waals surface area (Å²) in [5.41, 5.74) is 1.12. The molecule has 170 valence electrons. The summed E-state index contributed by atoms with van der Waals surface area (Å²) >= 11 is 0. The van der Waals surface area contributed by atoms with Gasteiger partial charge in [-0.1, -0.05) is 24.3 Å². The number of methoxy groups -OCH3 is 1. The molecule has 31 heavy (non-hydrogen) atoms. The third-order valence-electron chi connectivity index (χ3n) is 4.76. The van der Waals surface area contributed by atoms with Crippen LogP contribution >= 0.6 is 24.0 Å². The Hall–Kier alpha value is -2.04. The van der Waals surface area contributed by atoms with Crippen molar-refractivity contribution in [3.05, 3.63) is 54.1 Å². The average molecular weight is 541 g/mol. The summed E-state index contributed by atoms with van der Waals surface area (Å²) < 4.78 is 22.4. The number of guanidine groups is 1. The van der Waals surface area contributed by atoms with Crippen molar-refractivity contribution in [1.82, 2.24) is 10.6 Å². The minimum Gasteiger partial charge on any atom is -0.493 e. The van der Waals surface area contributed by atoms with E-state index in [1.54, 1.807) is 14.2 Å². The highest BCUT2D eigenvalue weighted by molar-refractivity contribution is 14.0. The van der Waals surface area contributed by atoms with Crippen molar-refractivity contribution in [2.24, 2.45) is 4.99 Å². The Balaban J connectivity index is 0.00000341. The molecule has 1 aliphatic rings. The molecule has 2 aromatic rings. The number of para-hydroxylation sites is 2. The van der Waals surface area contributed by atoms with E-state index in [0.717, 1.165) is 30.3 Å². The lowest BCUT2D eigenvalue weighted by atomic mass is 10.2. The molecule has 2 unspecified atom stereocenters. The van der Waals surface area contributed by atoms with Crippen LogP contribution < -0.4 is 20.1 Å². The molecule has 0 radical (unpaired) electrons. The van der Waals surface area contributed by atoms with Crippen LogP contribution in [0.25, 0.3) is 0 Å². The number of rotatable bonds is 9. The van der Waals surface area contributed by atoms with E-state index >= 15 is 0 Å². The van der Waals surface area contributed by atoms with E-state index in [0.29, 0.717) is 31.3 Å². The highest BCUT2D eigenvalue weighted by Crippen LogP contribution is 2.30. The number of nitrogens with one attached hydrogen (secondary N) is 2. The first-order valence-electron chi connectivity index (χ1n) is 10.2. The molecule has 0 bridgehead atoms. The van der Waals surface area contributed by atoms with Crippen LogP contribution in [0.3, 0.4) is 0 Å². The highest BCUT2D eigenvalue weighted by Gasteiger charge is 2.17. The Bertz CT molecular complexity index is 811. The largest absolute Gasteiger partial charge is 0.493 e. The summed E-state index contributed by atoms with van der Waals surface area (Å²) in [6.45, 7) is 4.82. The van der Waals surface area contributed by atoms with Crippen molar-refractivity contribution in [2.45, 2.75) is 32.0 Å². The molecule has 1 heterocycles. The molecule has 0 aliphatic carbocycles. The highest BCUT2D eigenvalue weighted by atomic mass is 127. The summed E-state index contributed by atoms with van der Waals surface area (Å²) in [5.74, 6) is 2.89. The molecule has 1 saturated heterocycles. The van der Waals surface area contributed by atoms with E-state index in [9.17, 15) is 0 Å². The number of hydrogen-bond donors (Lipinski definition) is 2. The van der Waals surface area contributed by atoms with Crippen LogP contribution in [0.5, 0.6) is 17.2 Å². The van der Waals surface area contributed by atoms with Gasteiger partial charge in [-0.3, -0.25) is 4.99 Å². The van der Waals surface area contributed by atoms with Gasteiger partial charge in [0.2, 0.25) is 0 Å². The van der Waals surface area contributed by atoms with Crippen LogP contribution in [-0.2, 0) is 16.0 Å². The lowest BCUT2D eigenvalue weighted by molar-refractivity contribution is 0.0347. The van der Waals surface area contributed by atoms with Crippen molar-refractivity contribution in [3.63, 3.8) is 0 Å². The van der Waals surface area contributed by atoms with Crippen LogP contribution in [0.4, 0.5) is 0 Å². The Morgan fingerprint density at radius 1 is 1.16 bits per heavy atom. The van der Waals surface area contributed by atoms with E-state index in [1.165, 1.54) is 0 Å². The SMILES string of the molecule is CN=C(NCc1ccc(Oc2ccccc2OC)cc1)NC(C)COC1CCOC1.I. The molecule has 2 atom stereocenters. The van der Waals surface area contributed by atoms with Crippen molar-refractivity contribution in [3.8, 4) is 17.2 Å². The fraction of sp³-hybridized carbons (Fsp3) is 0.435. The minimum atomic E-state index is 0. The molecule has 0 saturated carbocycles. The maximum absolute atomic E-state index is 5.92. The van der Waals surface area contributed by atoms with Gasteiger partial charge in [0.1, 0.15) is 5.75 Å². The van der Waals surface area contributed by atoms with Crippen molar-refractivity contribution in [1.29, 1.82) is 0 Å². The molecule has 8 heteroatoms. The fourth-order valence-electron chi connectivity index (χ4n) is 3.09. The van der Waals surface area contributed by atoms with E-state index in [4.69, 9.17) is 18.9 Å². The molecular formula is C23H32IN3O4. The lowest BCUT2D eigenvalue weighted by Gasteiger charge is -2.19. The number of aliphatic imine (C=N–C) groups is 1. The smallest absolute Gasteiger partial charge is 0.191 e. The first kappa shape index (κ1) is 25.2. The summed E-state index contributed by atoms with van der Waals surface area (Å²) in [5, 5.41) is 6.68. The van der Waals surface area contributed by atoms with Crippen LogP contribution in [0.1, 0.15) is 18.9 Å². The summed E-state index contributed by atoms with van der Waals surface area (Å²) in [7, 11) is 3.39. The predicted octanol–water partition coefficient (Wildman–Crippen LogP) is 3.96. The molecule has 0 aromatic heterocycles. The van der Waals surface area contributed by atoms with Gasteiger partial charge in [0.25, 0.3) is 0 Å². The summed E-state index contributed by atoms with van der Waals surface area (Å²) in [6, 6.07) is 15.7. The Labute approximate surface area is 201 Å². The molecule has 0 amide bonds. The van der Waals surface area contributed by atoms with Crippen LogP contribution in [0, 0.1) is 0 Å². The van der Waals surface area contributed by atoms with E-state index in [1.807, 2.05) is 48.5 Å². The van der Waals surface area contributed by atoms with Gasteiger partial charge >= 0.3 is 0 Å². The third kappa shape index (κ3) is 8.19. The maximum Gasteiger partial charge on any atom is 0.191 e. The first-order chi connectivity index (χ1) is 14.7. The van der Waals surface area contributed by atoms with E-state index in [2.05, 4.69) is 22.5 Å². The van der Waals surface area contributed by atoms with Crippen LogP contribution in [0.15, 0.2) is 53.5 Å². The maximum atomic E-state index is 5.92. The van der Waals surface area contributed by atoms with E-state index in [-0.39, 0.29) is 36.1 Å². The molecule has 0 spiro atoms. The Morgan fingerprint density at radius 2 is 1.90 bits per heavy atom. The summed E-state index contributed by atoms with van der Waals surface area (Å²) in [4.78, 5) is 4.29. The standard InChI is InChI=1S/C23H31N3O4.HI/c1-17(15-29-20-12-13-28-16-20)26-23(24-2)25-14-18-8-10-19(11-9-18)30-22-7-5-4-6-21(22)27-3;/h4-11,17,20H,12-16H2,1-3H3,(H2,24,25,26);1H. The van der Waals surface area contributed by atoms with Gasteiger partial charge in [0, 0.05) is 26.2 Å². The van der Waals surface area contributed by atoms with Crippen molar-refractivity contribution in [2.75, 3.05) is 34.0 Å². The lowest BCUT2D eigenvalue weighted by Crippen LogP contribution is -2.44. The normalized spacial score (nSPS) is 16.9. The molecule has 2 N–H and O–H groups in total. The van der Waals surface area contributed by atoms with Gasteiger partial charge in [-0.15, -0.1) is 24.0 Å². The van der Waals surface area contributed by atoms with Gasteiger partial charge in [-0.2, -0.15) is 0 Å². The van der Waals surface area contributed by atoms with Crippen molar-refractivity contribution >= 4 is 29.9 Å². The van der Waals surface area contributed by atoms with Gasteiger partial charge in [-0.05, 0) is 43.2 Å². The third-order valence-corrected chi connectivity index (χ3v) is 4.76. The van der Waals surface area contributed by atoms with Crippen LogP contribution in [0.2, 0.25) is 0 Å². The average Bonchev–Trinajstić information content (AvgIpc) is 3.30. The van der Waals surface area contributed by atoms with Gasteiger partial charge in [0.15, 0.2) is 17.5 Å². The summed E-state index contributed by atoms with van der Waals surface area (Å²) in [6.07, 6.45) is 1.18. The molecule has 1 aliphatic heterocycles. The van der Waals surface area contributed by atoms with Gasteiger partial charge in [0.05, 0.1) is 26.4 Å².